The van der Waals surface area contributed by atoms with E-state index in [1.807, 2.05) is 7.11 Å². The molecule has 0 bridgehead atoms. The zero-order chi connectivity index (χ0) is 7.73. The average molecular weight is 155 g/mol. The van der Waals surface area contributed by atoms with E-state index < -0.39 is 0 Å². The molecule has 1 saturated heterocycles. The Morgan fingerprint density at radius 3 is 2.82 bits per heavy atom. The van der Waals surface area contributed by atoms with Crippen LogP contribution in [0.15, 0.2) is 0 Å². The van der Waals surface area contributed by atoms with Crippen LogP contribution in [-0.2, 0) is 4.74 Å². The Morgan fingerprint density at radius 1 is 1.45 bits per heavy atom. The Bertz CT molecular complexity index is 132. The van der Waals surface area contributed by atoms with Crippen molar-refractivity contribution in [3.8, 4) is 0 Å². The average Bonchev–Trinajstić information content (AvgIpc) is 2.01. The van der Waals surface area contributed by atoms with E-state index in [9.17, 15) is 0 Å². The van der Waals surface area contributed by atoms with Gasteiger partial charge in [-0.05, 0) is 37.6 Å². The van der Waals surface area contributed by atoms with E-state index in [1.54, 1.807) is 0 Å². The molecule has 64 valence electrons. The summed E-state index contributed by atoms with van der Waals surface area (Å²) in [7, 11) is 1.83. The first kappa shape index (κ1) is 7.56. The smallest absolute Gasteiger partial charge is 0.0583 e. The van der Waals surface area contributed by atoms with Crippen LogP contribution in [0.2, 0.25) is 0 Å². The predicted octanol–water partition coefficient (Wildman–Crippen LogP) is 1.17. The molecule has 0 aromatic heterocycles. The third kappa shape index (κ3) is 1.30. The highest BCUT2D eigenvalue weighted by atomic mass is 16.5. The van der Waals surface area contributed by atoms with E-state index in [0.717, 1.165) is 0 Å². The molecule has 1 aliphatic carbocycles. The lowest BCUT2D eigenvalue weighted by Crippen LogP contribution is -2.51. The summed E-state index contributed by atoms with van der Waals surface area (Å²) in [6, 6.07) is 0. The molecule has 1 spiro atoms. The van der Waals surface area contributed by atoms with Crippen LogP contribution in [0.25, 0.3) is 0 Å². The zero-order valence-electron chi connectivity index (χ0n) is 7.23. The summed E-state index contributed by atoms with van der Waals surface area (Å²) in [6.45, 7) is 2.45. The molecular formula is C9H17NO. The van der Waals surface area contributed by atoms with Gasteiger partial charge in [0.25, 0.3) is 0 Å². The van der Waals surface area contributed by atoms with E-state index in [2.05, 4.69) is 5.32 Å². The number of hydrogen-bond donors (Lipinski definition) is 1. The summed E-state index contributed by atoms with van der Waals surface area (Å²) in [4.78, 5) is 0. The third-order valence-electron chi connectivity index (χ3n) is 3.22. The van der Waals surface area contributed by atoms with Crippen LogP contribution in [0.3, 0.4) is 0 Å². The highest BCUT2D eigenvalue weighted by Crippen LogP contribution is 2.46. The van der Waals surface area contributed by atoms with Crippen molar-refractivity contribution in [1.82, 2.24) is 5.32 Å². The highest BCUT2D eigenvalue weighted by molar-refractivity contribution is 4.97. The Kier molecular flexibility index (Phi) is 1.90. The van der Waals surface area contributed by atoms with Gasteiger partial charge in [-0.15, -0.1) is 0 Å². The summed E-state index contributed by atoms with van der Waals surface area (Å²) < 4.78 is 5.29. The van der Waals surface area contributed by atoms with Gasteiger partial charge in [-0.1, -0.05) is 0 Å². The number of ether oxygens (including phenoxy) is 1. The van der Waals surface area contributed by atoms with Crippen LogP contribution < -0.4 is 5.32 Å². The molecule has 0 atom stereocenters. The van der Waals surface area contributed by atoms with Gasteiger partial charge in [0.2, 0.25) is 0 Å². The highest BCUT2D eigenvalue weighted by Gasteiger charge is 2.44. The molecule has 1 aliphatic heterocycles. The molecule has 0 aromatic rings. The van der Waals surface area contributed by atoms with Crippen LogP contribution in [0.5, 0.6) is 0 Å². The van der Waals surface area contributed by atoms with Crippen LogP contribution in [0, 0.1) is 5.41 Å². The van der Waals surface area contributed by atoms with Crippen molar-refractivity contribution < 1.29 is 4.74 Å². The minimum atomic E-state index is 0.565. The standard InChI is InChI=1S/C9H17NO/c1-11-8-5-9(6-8)3-2-4-10-7-9/h8,10H,2-7H2,1H3. The topological polar surface area (TPSA) is 21.3 Å². The van der Waals surface area contributed by atoms with Crippen molar-refractivity contribution in [3.63, 3.8) is 0 Å². The lowest BCUT2D eigenvalue weighted by molar-refractivity contribution is -0.0696. The van der Waals surface area contributed by atoms with Gasteiger partial charge in [0, 0.05) is 13.7 Å². The maximum absolute atomic E-state index is 5.29. The summed E-state index contributed by atoms with van der Waals surface area (Å²) in [6.07, 6.45) is 5.92. The first-order valence-electron chi connectivity index (χ1n) is 4.58. The summed E-state index contributed by atoms with van der Waals surface area (Å²) in [5, 5.41) is 3.47. The second-order valence-corrected chi connectivity index (χ2v) is 4.05. The Hall–Kier alpha value is -0.0800. The maximum Gasteiger partial charge on any atom is 0.0583 e. The van der Waals surface area contributed by atoms with Gasteiger partial charge >= 0.3 is 0 Å². The van der Waals surface area contributed by atoms with E-state index >= 15 is 0 Å². The van der Waals surface area contributed by atoms with Crippen LogP contribution in [0.1, 0.15) is 25.7 Å². The Morgan fingerprint density at radius 2 is 2.27 bits per heavy atom. The van der Waals surface area contributed by atoms with Gasteiger partial charge in [-0.2, -0.15) is 0 Å². The number of hydrogen-bond acceptors (Lipinski definition) is 2. The normalized spacial score (nSPS) is 43.9. The maximum atomic E-state index is 5.29. The quantitative estimate of drug-likeness (QED) is 0.613. The third-order valence-corrected chi connectivity index (χ3v) is 3.22. The molecular weight excluding hydrogens is 138 g/mol. The van der Waals surface area contributed by atoms with Crippen molar-refractivity contribution in [1.29, 1.82) is 0 Å². The molecule has 11 heavy (non-hydrogen) atoms. The lowest BCUT2D eigenvalue weighted by atomic mass is 9.63. The molecule has 1 heterocycles. The summed E-state index contributed by atoms with van der Waals surface area (Å²) >= 11 is 0. The van der Waals surface area contributed by atoms with Gasteiger partial charge < -0.3 is 10.1 Å². The number of piperidine rings is 1. The fourth-order valence-electron chi connectivity index (χ4n) is 2.45. The summed E-state index contributed by atoms with van der Waals surface area (Å²) in [5.74, 6) is 0. The molecule has 2 fully saturated rings. The van der Waals surface area contributed by atoms with Crippen LogP contribution >= 0.6 is 0 Å². The van der Waals surface area contributed by atoms with Crippen molar-refractivity contribution in [2.24, 2.45) is 5.41 Å². The number of nitrogens with one attached hydrogen (secondary N) is 1. The van der Waals surface area contributed by atoms with Gasteiger partial charge in [0.1, 0.15) is 0 Å². The first-order valence-corrected chi connectivity index (χ1v) is 4.58. The van der Waals surface area contributed by atoms with Gasteiger partial charge in [-0.3, -0.25) is 0 Å². The van der Waals surface area contributed by atoms with Gasteiger partial charge in [0.05, 0.1) is 6.10 Å². The number of rotatable bonds is 1. The van der Waals surface area contributed by atoms with E-state index in [4.69, 9.17) is 4.74 Å². The molecule has 2 rings (SSSR count). The number of methoxy groups -OCH3 is 1. The Labute approximate surface area is 68.3 Å². The minimum Gasteiger partial charge on any atom is -0.381 e. The molecule has 0 amide bonds. The molecule has 1 saturated carbocycles. The summed E-state index contributed by atoms with van der Waals surface area (Å²) in [5.41, 5.74) is 0.638. The van der Waals surface area contributed by atoms with Crippen molar-refractivity contribution in [3.05, 3.63) is 0 Å². The van der Waals surface area contributed by atoms with Crippen molar-refractivity contribution in [2.75, 3.05) is 20.2 Å². The monoisotopic (exact) mass is 155 g/mol. The predicted molar refractivity (Wildman–Crippen MR) is 44.6 cm³/mol. The lowest BCUT2D eigenvalue weighted by Gasteiger charge is -2.49. The fraction of sp³-hybridized carbons (Fsp3) is 1.00. The zero-order valence-corrected chi connectivity index (χ0v) is 7.23. The fourth-order valence-corrected chi connectivity index (χ4v) is 2.45. The molecule has 0 aromatic carbocycles. The molecule has 2 nitrogen and oxygen atoms in total. The van der Waals surface area contributed by atoms with Crippen molar-refractivity contribution >= 4 is 0 Å². The van der Waals surface area contributed by atoms with E-state index in [-0.39, 0.29) is 0 Å². The molecule has 2 aliphatic rings. The second kappa shape index (κ2) is 2.76. The molecule has 2 heteroatoms. The van der Waals surface area contributed by atoms with E-state index in [0.29, 0.717) is 11.5 Å². The molecule has 0 unspecified atom stereocenters. The minimum absolute atomic E-state index is 0.565. The second-order valence-electron chi connectivity index (χ2n) is 4.05. The van der Waals surface area contributed by atoms with E-state index in [1.165, 1.54) is 38.8 Å². The van der Waals surface area contributed by atoms with Gasteiger partial charge in [-0.25, -0.2) is 0 Å². The van der Waals surface area contributed by atoms with Crippen LogP contribution in [-0.4, -0.2) is 26.3 Å². The Balaban J connectivity index is 1.84. The van der Waals surface area contributed by atoms with Crippen LogP contribution in [0.4, 0.5) is 0 Å². The first-order chi connectivity index (χ1) is 5.35. The SMILES string of the molecule is COC1CC2(CCCNC2)C1. The molecule has 1 N–H and O–H groups in total. The van der Waals surface area contributed by atoms with Gasteiger partial charge in [0.15, 0.2) is 0 Å². The molecule has 0 radical (unpaired) electrons. The largest absolute Gasteiger partial charge is 0.381 e. The van der Waals surface area contributed by atoms with Crippen molar-refractivity contribution in [2.45, 2.75) is 31.8 Å².